The first-order valence-corrected chi connectivity index (χ1v) is 8.09. The maximum absolute atomic E-state index is 9.08. The Morgan fingerprint density at radius 3 is 2.50 bits per heavy atom. The van der Waals surface area contributed by atoms with E-state index in [9.17, 15) is 0 Å². The van der Waals surface area contributed by atoms with Crippen LogP contribution in [0.5, 0.6) is 5.75 Å². The third-order valence-electron chi connectivity index (χ3n) is 4.14. The summed E-state index contributed by atoms with van der Waals surface area (Å²) in [4.78, 5) is 2.34. The van der Waals surface area contributed by atoms with Crippen LogP contribution in [0.25, 0.3) is 11.1 Å². The number of nitrogen functional groups attached to an aromatic ring is 1. The lowest BCUT2D eigenvalue weighted by molar-refractivity contribution is 0.0322. The Kier molecular flexibility index (Phi) is 5.32. The molecule has 1 heterocycles. The van der Waals surface area contributed by atoms with E-state index in [0.717, 1.165) is 49.7 Å². The second-order valence-electron chi connectivity index (χ2n) is 5.74. The van der Waals surface area contributed by atoms with Crippen LogP contribution in [0.15, 0.2) is 42.5 Å². The van der Waals surface area contributed by atoms with Gasteiger partial charge >= 0.3 is 0 Å². The molecule has 0 radical (unpaired) electrons. The number of anilines is 1. The monoisotopic (exact) mass is 323 g/mol. The smallest absolute Gasteiger partial charge is 0.119 e. The van der Waals surface area contributed by atoms with Gasteiger partial charge in [0, 0.05) is 25.3 Å². The van der Waals surface area contributed by atoms with Gasteiger partial charge in [-0.2, -0.15) is 5.26 Å². The van der Waals surface area contributed by atoms with E-state index < -0.39 is 0 Å². The van der Waals surface area contributed by atoms with Crippen molar-refractivity contribution in [2.24, 2.45) is 0 Å². The van der Waals surface area contributed by atoms with Gasteiger partial charge in [-0.25, -0.2) is 0 Å². The van der Waals surface area contributed by atoms with Gasteiger partial charge in [0.2, 0.25) is 0 Å². The van der Waals surface area contributed by atoms with Gasteiger partial charge < -0.3 is 15.2 Å². The predicted molar refractivity (Wildman–Crippen MR) is 93.8 cm³/mol. The first kappa shape index (κ1) is 16.3. The quantitative estimate of drug-likeness (QED) is 0.856. The molecule has 1 saturated heterocycles. The van der Waals surface area contributed by atoms with Crippen molar-refractivity contribution in [2.75, 3.05) is 45.2 Å². The van der Waals surface area contributed by atoms with Gasteiger partial charge in [0.1, 0.15) is 18.4 Å². The zero-order valence-electron chi connectivity index (χ0n) is 13.6. The van der Waals surface area contributed by atoms with Gasteiger partial charge in [-0.05, 0) is 35.4 Å². The highest BCUT2D eigenvalue weighted by molar-refractivity contribution is 5.70. The van der Waals surface area contributed by atoms with Crippen molar-refractivity contribution in [3.05, 3.63) is 48.0 Å². The fraction of sp³-hybridized carbons (Fsp3) is 0.316. The first-order chi connectivity index (χ1) is 11.8. The first-order valence-electron chi connectivity index (χ1n) is 8.09. The van der Waals surface area contributed by atoms with Gasteiger partial charge in [-0.15, -0.1) is 0 Å². The Morgan fingerprint density at radius 1 is 1.08 bits per heavy atom. The molecule has 124 valence electrons. The average molecular weight is 323 g/mol. The molecule has 0 unspecified atom stereocenters. The van der Waals surface area contributed by atoms with E-state index in [2.05, 4.69) is 11.0 Å². The zero-order valence-corrected chi connectivity index (χ0v) is 13.6. The van der Waals surface area contributed by atoms with E-state index in [4.69, 9.17) is 20.5 Å². The van der Waals surface area contributed by atoms with Gasteiger partial charge in [0.05, 0.1) is 18.8 Å². The third kappa shape index (κ3) is 4.05. The van der Waals surface area contributed by atoms with Crippen LogP contribution in [0.4, 0.5) is 5.69 Å². The Labute approximate surface area is 142 Å². The lowest BCUT2D eigenvalue weighted by Crippen LogP contribution is -2.38. The molecular formula is C19H21N3O2. The summed E-state index contributed by atoms with van der Waals surface area (Å²) in [6, 6.07) is 15.5. The molecule has 2 aromatic carbocycles. The number of nitriles is 1. The molecule has 2 N–H and O–H groups in total. The van der Waals surface area contributed by atoms with Crippen molar-refractivity contribution < 1.29 is 9.47 Å². The lowest BCUT2D eigenvalue weighted by atomic mass is 10.0. The summed E-state index contributed by atoms with van der Waals surface area (Å²) in [7, 11) is 0. The molecular weight excluding hydrogens is 302 g/mol. The maximum Gasteiger partial charge on any atom is 0.119 e. The molecule has 1 aliphatic rings. The largest absolute Gasteiger partial charge is 0.492 e. The number of rotatable bonds is 5. The fourth-order valence-corrected chi connectivity index (χ4v) is 2.69. The number of hydrogen-bond acceptors (Lipinski definition) is 5. The highest BCUT2D eigenvalue weighted by Gasteiger charge is 2.09. The summed E-state index contributed by atoms with van der Waals surface area (Å²) in [6.45, 7) is 5.14. The molecule has 0 aromatic heterocycles. The second kappa shape index (κ2) is 7.82. The highest BCUT2D eigenvalue weighted by Crippen LogP contribution is 2.25. The average Bonchev–Trinajstić information content (AvgIpc) is 2.64. The van der Waals surface area contributed by atoms with Crippen molar-refractivity contribution in [2.45, 2.75) is 0 Å². The van der Waals surface area contributed by atoms with Crippen LogP contribution in [-0.4, -0.2) is 44.4 Å². The normalized spacial score (nSPS) is 15.0. The topological polar surface area (TPSA) is 71.5 Å². The van der Waals surface area contributed by atoms with Gasteiger partial charge in [-0.3, -0.25) is 4.90 Å². The molecule has 24 heavy (non-hydrogen) atoms. The fourth-order valence-electron chi connectivity index (χ4n) is 2.69. The van der Waals surface area contributed by atoms with E-state index in [1.54, 1.807) is 6.07 Å². The molecule has 5 heteroatoms. The Bertz CT molecular complexity index is 716. The van der Waals surface area contributed by atoms with Crippen molar-refractivity contribution >= 4 is 5.69 Å². The van der Waals surface area contributed by atoms with Crippen LogP contribution in [0.2, 0.25) is 0 Å². The minimum atomic E-state index is 0.498. The van der Waals surface area contributed by atoms with Crippen LogP contribution in [0.3, 0.4) is 0 Å². The molecule has 0 spiro atoms. The number of morpholine rings is 1. The standard InChI is InChI=1S/C19H21N3O2/c20-14-17-13-16(3-6-19(17)21)15-1-4-18(5-2-15)24-12-9-22-7-10-23-11-8-22/h1-6,13H,7-12,21H2. The zero-order chi connectivity index (χ0) is 16.8. The Hall–Kier alpha value is -2.55. The summed E-state index contributed by atoms with van der Waals surface area (Å²) >= 11 is 0. The summed E-state index contributed by atoms with van der Waals surface area (Å²) in [5.41, 5.74) is 8.77. The molecule has 3 rings (SSSR count). The van der Waals surface area contributed by atoms with Crippen molar-refractivity contribution in [3.63, 3.8) is 0 Å². The van der Waals surface area contributed by atoms with Crippen LogP contribution in [-0.2, 0) is 4.74 Å². The Morgan fingerprint density at radius 2 is 1.79 bits per heavy atom. The predicted octanol–water partition coefficient (Wildman–Crippen LogP) is 2.52. The minimum absolute atomic E-state index is 0.498. The number of ether oxygens (including phenoxy) is 2. The van der Waals surface area contributed by atoms with Crippen molar-refractivity contribution in [3.8, 4) is 22.9 Å². The van der Waals surface area contributed by atoms with E-state index in [0.29, 0.717) is 17.9 Å². The number of hydrogen-bond donors (Lipinski definition) is 1. The minimum Gasteiger partial charge on any atom is -0.492 e. The van der Waals surface area contributed by atoms with E-state index in [1.165, 1.54) is 0 Å². The molecule has 2 aromatic rings. The molecule has 0 bridgehead atoms. The van der Waals surface area contributed by atoms with Crippen LogP contribution >= 0.6 is 0 Å². The van der Waals surface area contributed by atoms with E-state index in [1.807, 2.05) is 36.4 Å². The lowest BCUT2D eigenvalue weighted by Gasteiger charge is -2.26. The summed E-state index contributed by atoms with van der Waals surface area (Å²) < 4.78 is 11.1. The number of nitrogens with zero attached hydrogens (tertiary/aromatic N) is 2. The van der Waals surface area contributed by atoms with Crippen LogP contribution < -0.4 is 10.5 Å². The summed E-state index contributed by atoms with van der Waals surface area (Å²) in [6.07, 6.45) is 0. The van der Waals surface area contributed by atoms with E-state index >= 15 is 0 Å². The Balaban J connectivity index is 1.58. The highest BCUT2D eigenvalue weighted by atomic mass is 16.5. The summed E-state index contributed by atoms with van der Waals surface area (Å²) in [5, 5.41) is 9.08. The molecule has 5 nitrogen and oxygen atoms in total. The second-order valence-corrected chi connectivity index (χ2v) is 5.74. The van der Waals surface area contributed by atoms with Gasteiger partial charge in [0.25, 0.3) is 0 Å². The number of benzene rings is 2. The molecule has 1 aliphatic heterocycles. The van der Waals surface area contributed by atoms with Crippen molar-refractivity contribution in [1.29, 1.82) is 5.26 Å². The van der Waals surface area contributed by atoms with Gasteiger partial charge in [0.15, 0.2) is 0 Å². The van der Waals surface area contributed by atoms with Crippen LogP contribution in [0, 0.1) is 11.3 Å². The molecule has 0 aliphatic carbocycles. The molecule has 1 fully saturated rings. The molecule has 0 amide bonds. The maximum atomic E-state index is 9.08. The van der Waals surface area contributed by atoms with E-state index in [-0.39, 0.29) is 0 Å². The van der Waals surface area contributed by atoms with Gasteiger partial charge in [-0.1, -0.05) is 18.2 Å². The SMILES string of the molecule is N#Cc1cc(-c2ccc(OCCN3CCOCC3)cc2)ccc1N. The van der Waals surface area contributed by atoms with Crippen LogP contribution in [0.1, 0.15) is 5.56 Å². The molecule has 0 saturated carbocycles. The number of nitrogens with two attached hydrogens (primary N) is 1. The summed E-state index contributed by atoms with van der Waals surface area (Å²) in [5.74, 6) is 0.850. The van der Waals surface area contributed by atoms with Crippen molar-refractivity contribution in [1.82, 2.24) is 4.90 Å². The third-order valence-corrected chi connectivity index (χ3v) is 4.14. The molecule has 0 atom stereocenters.